The third-order valence-electron chi connectivity index (χ3n) is 2.96. The van der Waals surface area contributed by atoms with E-state index in [-0.39, 0.29) is 0 Å². The van der Waals surface area contributed by atoms with Gasteiger partial charge in [-0.2, -0.15) is 0 Å². The topological polar surface area (TPSA) is 77.5 Å². The molecule has 1 aromatic carbocycles. The van der Waals surface area contributed by atoms with Crippen LogP contribution in [0.5, 0.6) is 5.75 Å². The fourth-order valence-electron chi connectivity index (χ4n) is 1.69. The zero-order chi connectivity index (χ0) is 16.8. The van der Waals surface area contributed by atoms with Crippen molar-refractivity contribution in [2.45, 2.75) is 13.0 Å². The molecule has 6 nitrogen and oxygen atoms in total. The number of hydrogen-bond donors (Lipinski definition) is 1. The van der Waals surface area contributed by atoms with Crippen LogP contribution in [-0.2, 0) is 9.53 Å². The molecule has 0 aliphatic carbocycles. The standard InChI is InChI=1S/C16H15ClN2O4/c1-10(15(20)19-14-8-5-12(17)9-18-14)23-16(21)11-3-6-13(22-2)7-4-11/h3-10H,1-2H3,(H,18,19,20). The van der Waals surface area contributed by atoms with Gasteiger partial charge in [-0.15, -0.1) is 0 Å². The van der Waals surface area contributed by atoms with Crippen LogP contribution in [0.25, 0.3) is 0 Å². The first-order chi connectivity index (χ1) is 11.0. The number of rotatable bonds is 5. The molecule has 1 aromatic heterocycles. The van der Waals surface area contributed by atoms with Crippen LogP contribution in [0.15, 0.2) is 42.6 Å². The third-order valence-corrected chi connectivity index (χ3v) is 3.18. The number of esters is 1. The second kappa shape index (κ2) is 7.60. The lowest BCUT2D eigenvalue weighted by atomic mass is 10.2. The van der Waals surface area contributed by atoms with Gasteiger partial charge in [0.15, 0.2) is 6.10 Å². The van der Waals surface area contributed by atoms with E-state index in [9.17, 15) is 9.59 Å². The first-order valence-corrected chi connectivity index (χ1v) is 7.15. The summed E-state index contributed by atoms with van der Waals surface area (Å²) in [4.78, 5) is 27.9. The molecule has 1 N–H and O–H groups in total. The van der Waals surface area contributed by atoms with E-state index in [4.69, 9.17) is 21.1 Å². The highest BCUT2D eigenvalue weighted by Gasteiger charge is 2.19. The molecule has 1 amide bonds. The van der Waals surface area contributed by atoms with Gasteiger partial charge < -0.3 is 14.8 Å². The molecule has 1 heterocycles. The first kappa shape index (κ1) is 16.8. The van der Waals surface area contributed by atoms with Crippen LogP contribution in [0.2, 0.25) is 5.02 Å². The smallest absolute Gasteiger partial charge is 0.338 e. The summed E-state index contributed by atoms with van der Waals surface area (Å²) in [5, 5.41) is 3.00. The highest BCUT2D eigenvalue weighted by atomic mass is 35.5. The summed E-state index contributed by atoms with van der Waals surface area (Å²) in [5.41, 5.74) is 0.329. The monoisotopic (exact) mass is 334 g/mol. The van der Waals surface area contributed by atoms with Crippen molar-refractivity contribution in [2.75, 3.05) is 12.4 Å². The number of hydrogen-bond acceptors (Lipinski definition) is 5. The van der Waals surface area contributed by atoms with Crippen LogP contribution < -0.4 is 10.1 Å². The third kappa shape index (κ3) is 4.69. The number of carbonyl (C=O) groups excluding carboxylic acids is 2. The van der Waals surface area contributed by atoms with Crippen molar-refractivity contribution in [1.29, 1.82) is 0 Å². The summed E-state index contributed by atoms with van der Waals surface area (Å²) < 4.78 is 10.1. The molecule has 0 aliphatic rings. The second-order valence-corrected chi connectivity index (χ2v) is 5.06. The van der Waals surface area contributed by atoms with E-state index in [2.05, 4.69) is 10.3 Å². The molecular formula is C16H15ClN2O4. The Morgan fingerprint density at radius 1 is 1.17 bits per heavy atom. The van der Waals surface area contributed by atoms with Gasteiger partial charge >= 0.3 is 5.97 Å². The summed E-state index contributed by atoms with van der Waals surface area (Å²) >= 11 is 5.72. The number of pyridine rings is 1. The van der Waals surface area contributed by atoms with Crippen molar-refractivity contribution in [3.63, 3.8) is 0 Å². The number of halogens is 1. The Balaban J connectivity index is 1.94. The van der Waals surface area contributed by atoms with E-state index in [0.29, 0.717) is 22.2 Å². The summed E-state index contributed by atoms with van der Waals surface area (Å²) in [7, 11) is 1.53. The van der Waals surface area contributed by atoms with Crippen LogP contribution in [0.1, 0.15) is 17.3 Å². The maximum Gasteiger partial charge on any atom is 0.338 e. The highest BCUT2D eigenvalue weighted by Crippen LogP contribution is 2.14. The van der Waals surface area contributed by atoms with Crippen molar-refractivity contribution in [3.8, 4) is 5.75 Å². The molecule has 0 fully saturated rings. The second-order valence-electron chi connectivity index (χ2n) is 4.63. The van der Waals surface area contributed by atoms with E-state index in [1.54, 1.807) is 36.4 Å². The number of carbonyl (C=O) groups is 2. The Morgan fingerprint density at radius 2 is 1.87 bits per heavy atom. The molecule has 2 rings (SSSR count). The molecule has 0 saturated heterocycles. The van der Waals surface area contributed by atoms with Crippen molar-refractivity contribution >= 4 is 29.3 Å². The largest absolute Gasteiger partial charge is 0.497 e. The zero-order valence-electron chi connectivity index (χ0n) is 12.6. The molecule has 1 unspecified atom stereocenters. The summed E-state index contributed by atoms with van der Waals surface area (Å²) in [6.07, 6.45) is 0.438. The number of anilines is 1. The molecule has 2 aromatic rings. The van der Waals surface area contributed by atoms with Crippen molar-refractivity contribution in [2.24, 2.45) is 0 Å². The van der Waals surface area contributed by atoms with Crippen LogP contribution >= 0.6 is 11.6 Å². The van der Waals surface area contributed by atoms with Crippen LogP contribution in [-0.4, -0.2) is 30.1 Å². The predicted octanol–water partition coefficient (Wildman–Crippen LogP) is 2.93. The lowest BCUT2D eigenvalue weighted by Gasteiger charge is -2.13. The normalized spacial score (nSPS) is 11.4. The minimum Gasteiger partial charge on any atom is -0.497 e. The predicted molar refractivity (Wildman–Crippen MR) is 85.7 cm³/mol. The van der Waals surface area contributed by atoms with E-state index < -0.39 is 18.0 Å². The quantitative estimate of drug-likeness (QED) is 0.851. The minimum absolute atomic E-state index is 0.326. The minimum atomic E-state index is -0.970. The molecule has 23 heavy (non-hydrogen) atoms. The number of methoxy groups -OCH3 is 1. The number of benzene rings is 1. The lowest BCUT2D eigenvalue weighted by molar-refractivity contribution is -0.123. The average molecular weight is 335 g/mol. The Hall–Kier alpha value is -2.60. The SMILES string of the molecule is COc1ccc(C(=O)OC(C)C(=O)Nc2ccc(Cl)cn2)cc1. The van der Waals surface area contributed by atoms with Gasteiger partial charge in [-0.05, 0) is 43.3 Å². The van der Waals surface area contributed by atoms with Crippen LogP contribution in [0.3, 0.4) is 0 Å². The van der Waals surface area contributed by atoms with Gasteiger partial charge in [0.2, 0.25) is 0 Å². The fraction of sp³-hybridized carbons (Fsp3) is 0.188. The van der Waals surface area contributed by atoms with Crippen molar-refractivity contribution < 1.29 is 19.1 Å². The highest BCUT2D eigenvalue weighted by molar-refractivity contribution is 6.30. The van der Waals surface area contributed by atoms with Gasteiger partial charge in [0.1, 0.15) is 11.6 Å². The van der Waals surface area contributed by atoms with Gasteiger partial charge in [-0.25, -0.2) is 9.78 Å². The maximum absolute atomic E-state index is 12.0. The van der Waals surface area contributed by atoms with Gasteiger partial charge in [0, 0.05) is 6.20 Å². The molecule has 0 radical (unpaired) electrons. The Kier molecular flexibility index (Phi) is 5.54. The molecule has 120 valence electrons. The average Bonchev–Trinajstić information content (AvgIpc) is 2.56. The van der Waals surface area contributed by atoms with Gasteiger partial charge in [-0.1, -0.05) is 11.6 Å². The van der Waals surface area contributed by atoms with Gasteiger partial charge in [-0.3, -0.25) is 4.79 Å². The summed E-state index contributed by atoms with van der Waals surface area (Å²) in [5.74, 6) is -0.131. The molecular weight excluding hydrogens is 320 g/mol. The summed E-state index contributed by atoms with van der Waals surface area (Å²) in [6.45, 7) is 1.48. The number of ether oxygens (including phenoxy) is 2. The fourth-order valence-corrected chi connectivity index (χ4v) is 1.80. The maximum atomic E-state index is 12.0. The van der Waals surface area contributed by atoms with Crippen LogP contribution in [0.4, 0.5) is 5.82 Å². The molecule has 0 spiro atoms. The van der Waals surface area contributed by atoms with Crippen molar-refractivity contribution in [3.05, 3.63) is 53.2 Å². The molecule has 0 bridgehead atoms. The molecule has 0 aliphatic heterocycles. The molecule has 0 saturated carbocycles. The van der Waals surface area contributed by atoms with E-state index in [1.165, 1.54) is 20.2 Å². The van der Waals surface area contributed by atoms with E-state index in [0.717, 1.165) is 0 Å². The molecule has 7 heteroatoms. The number of aromatic nitrogens is 1. The van der Waals surface area contributed by atoms with E-state index >= 15 is 0 Å². The van der Waals surface area contributed by atoms with Crippen LogP contribution in [0, 0.1) is 0 Å². The Morgan fingerprint density at radius 3 is 2.43 bits per heavy atom. The Bertz CT molecular complexity index is 686. The van der Waals surface area contributed by atoms with Crippen molar-refractivity contribution in [1.82, 2.24) is 4.98 Å². The lowest BCUT2D eigenvalue weighted by Crippen LogP contribution is -2.30. The number of nitrogens with one attached hydrogen (secondary N) is 1. The van der Waals surface area contributed by atoms with E-state index in [1.807, 2.05) is 0 Å². The number of nitrogens with zero attached hydrogens (tertiary/aromatic N) is 1. The Labute approximate surface area is 138 Å². The zero-order valence-corrected chi connectivity index (χ0v) is 13.3. The number of amides is 1. The first-order valence-electron chi connectivity index (χ1n) is 6.77. The summed E-state index contributed by atoms with van der Waals surface area (Å²) in [6, 6.07) is 9.55. The van der Waals surface area contributed by atoms with Gasteiger partial charge in [0.05, 0.1) is 17.7 Å². The molecule has 1 atom stereocenters. The van der Waals surface area contributed by atoms with Gasteiger partial charge in [0.25, 0.3) is 5.91 Å².